The summed E-state index contributed by atoms with van der Waals surface area (Å²) in [5.41, 5.74) is 3.38. The quantitative estimate of drug-likeness (QED) is 0.878. The molecule has 0 spiro atoms. The Balaban J connectivity index is 2.67. The molecule has 0 fully saturated rings. The van der Waals surface area contributed by atoms with Crippen molar-refractivity contribution >= 4 is 16.8 Å². The molecule has 0 aliphatic carbocycles. The average Bonchev–Trinajstić information content (AvgIpc) is 2.22. The van der Waals surface area contributed by atoms with E-state index in [1.807, 2.05) is 32.0 Å². The Bertz CT molecular complexity index is 440. The van der Waals surface area contributed by atoms with E-state index in [0.717, 1.165) is 5.56 Å². The van der Waals surface area contributed by atoms with Gasteiger partial charge in [-0.2, -0.15) is 0 Å². The molecule has 1 rings (SSSR count). The Morgan fingerprint density at radius 2 is 2.00 bits per heavy atom. The van der Waals surface area contributed by atoms with Crippen molar-refractivity contribution in [3.8, 4) is 0 Å². The second kappa shape index (κ2) is 5.96. The van der Waals surface area contributed by atoms with Crippen molar-refractivity contribution in [2.45, 2.75) is 38.2 Å². The number of aliphatic carboxylic acids is 1. The van der Waals surface area contributed by atoms with E-state index in [9.17, 15) is 9.00 Å². The Morgan fingerprint density at radius 1 is 1.35 bits per heavy atom. The van der Waals surface area contributed by atoms with Gasteiger partial charge in [0.15, 0.2) is 0 Å². The van der Waals surface area contributed by atoms with E-state index in [1.165, 1.54) is 11.1 Å². The van der Waals surface area contributed by atoms with Gasteiger partial charge in [0, 0.05) is 21.8 Å². The molecule has 0 saturated heterocycles. The van der Waals surface area contributed by atoms with Crippen LogP contribution >= 0.6 is 0 Å². The highest BCUT2D eigenvalue weighted by molar-refractivity contribution is 7.84. The standard InChI is InChI=1S/C13H18O3S/c1-9-4-5-12(6-10(9)2)8-17(16)11(3)7-13(14)15/h4-6,11H,7-8H2,1-3H3,(H,14,15). The predicted molar refractivity (Wildman–Crippen MR) is 69.5 cm³/mol. The summed E-state index contributed by atoms with van der Waals surface area (Å²) in [5.74, 6) is -0.471. The third-order valence-corrected chi connectivity index (χ3v) is 4.47. The minimum absolute atomic E-state index is 0.0442. The van der Waals surface area contributed by atoms with Crippen LogP contribution in [0.25, 0.3) is 0 Å². The van der Waals surface area contributed by atoms with Crippen molar-refractivity contribution in [2.24, 2.45) is 0 Å². The van der Waals surface area contributed by atoms with Crippen LogP contribution in [0.2, 0.25) is 0 Å². The number of rotatable bonds is 5. The molecule has 4 heteroatoms. The molecule has 17 heavy (non-hydrogen) atoms. The first-order valence-electron chi connectivity index (χ1n) is 5.55. The summed E-state index contributed by atoms with van der Waals surface area (Å²) in [7, 11) is -1.13. The second-order valence-corrected chi connectivity index (χ2v) is 6.21. The molecular weight excluding hydrogens is 236 g/mol. The van der Waals surface area contributed by atoms with Gasteiger partial charge in [-0.05, 0) is 30.5 Å². The molecule has 1 aromatic rings. The van der Waals surface area contributed by atoms with E-state index in [0.29, 0.717) is 5.75 Å². The van der Waals surface area contributed by atoms with Crippen LogP contribution < -0.4 is 0 Å². The molecule has 0 aliphatic heterocycles. The van der Waals surface area contributed by atoms with Gasteiger partial charge in [-0.1, -0.05) is 25.1 Å². The maximum atomic E-state index is 11.9. The van der Waals surface area contributed by atoms with Crippen LogP contribution in [-0.4, -0.2) is 20.5 Å². The molecule has 0 saturated carbocycles. The zero-order chi connectivity index (χ0) is 13.0. The first kappa shape index (κ1) is 13.9. The molecule has 0 amide bonds. The summed E-state index contributed by atoms with van der Waals surface area (Å²) in [6.07, 6.45) is -0.0442. The number of hydrogen-bond donors (Lipinski definition) is 1. The van der Waals surface area contributed by atoms with Gasteiger partial charge >= 0.3 is 5.97 Å². The maximum absolute atomic E-state index is 11.9. The van der Waals surface area contributed by atoms with Crippen LogP contribution in [0.4, 0.5) is 0 Å². The lowest BCUT2D eigenvalue weighted by Gasteiger charge is -2.10. The average molecular weight is 254 g/mol. The topological polar surface area (TPSA) is 54.4 Å². The molecule has 2 atom stereocenters. The van der Waals surface area contributed by atoms with E-state index in [-0.39, 0.29) is 11.7 Å². The minimum Gasteiger partial charge on any atom is -0.481 e. The van der Waals surface area contributed by atoms with E-state index < -0.39 is 16.8 Å². The fourth-order valence-corrected chi connectivity index (χ4v) is 2.66. The largest absolute Gasteiger partial charge is 0.481 e. The molecule has 1 N–H and O–H groups in total. The smallest absolute Gasteiger partial charge is 0.304 e. The van der Waals surface area contributed by atoms with Crippen molar-refractivity contribution in [3.05, 3.63) is 34.9 Å². The fraction of sp³-hybridized carbons (Fsp3) is 0.462. The Kier molecular flexibility index (Phi) is 4.87. The molecule has 0 bridgehead atoms. The molecule has 1 aromatic carbocycles. The third kappa shape index (κ3) is 4.30. The number of carbonyl (C=O) groups is 1. The number of aryl methyl sites for hydroxylation is 2. The summed E-state index contributed by atoms with van der Waals surface area (Å²) in [6.45, 7) is 5.76. The van der Waals surface area contributed by atoms with Crippen LogP contribution in [-0.2, 0) is 21.3 Å². The van der Waals surface area contributed by atoms with Gasteiger partial charge in [-0.15, -0.1) is 0 Å². The molecule has 0 aliphatic rings. The number of carboxylic acid groups (broad SMARTS) is 1. The molecule has 0 heterocycles. The molecule has 0 aromatic heterocycles. The van der Waals surface area contributed by atoms with Gasteiger partial charge in [0.25, 0.3) is 0 Å². The molecule has 3 nitrogen and oxygen atoms in total. The minimum atomic E-state index is -1.13. The number of hydrogen-bond acceptors (Lipinski definition) is 2. The van der Waals surface area contributed by atoms with Crippen LogP contribution in [0.1, 0.15) is 30.0 Å². The lowest BCUT2D eigenvalue weighted by molar-refractivity contribution is -0.136. The first-order valence-corrected chi connectivity index (χ1v) is 6.93. The maximum Gasteiger partial charge on any atom is 0.304 e. The van der Waals surface area contributed by atoms with Crippen molar-refractivity contribution in [2.75, 3.05) is 0 Å². The van der Waals surface area contributed by atoms with Crippen LogP contribution in [0.5, 0.6) is 0 Å². The van der Waals surface area contributed by atoms with E-state index in [1.54, 1.807) is 6.92 Å². The van der Waals surface area contributed by atoms with E-state index in [2.05, 4.69) is 0 Å². The normalized spacial score (nSPS) is 14.3. The zero-order valence-electron chi connectivity index (χ0n) is 10.4. The fourth-order valence-electron chi connectivity index (χ4n) is 1.54. The highest BCUT2D eigenvalue weighted by Crippen LogP contribution is 2.14. The summed E-state index contributed by atoms with van der Waals surface area (Å²) in [5, 5.41) is 8.33. The van der Waals surface area contributed by atoms with E-state index in [4.69, 9.17) is 5.11 Å². The zero-order valence-corrected chi connectivity index (χ0v) is 11.2. The van der Waals surface area contributed by atoms with Gasteiger partial charge in [-0.25, -0.2) is 0 Å². The van der Waals surface area contributed by atoms with Gasteiger partial charge < -0.3 is 5.11 Å². The molecule has 0 radical (unpaired) electrons. The highest BCUT2D eigenvalue weighted by atomic mass is 32.2. The van der Waals surface area contributed by atoms with Crippen molar-refractivity contribution in [1.82, 2.24) is 0 Å². The van der Waals surface area contributed by atoms with Crippen molar-refractivity contribution in [1.29, 1.82) is 0 Å². The van der Waals surface area contributed by atoms with Gasteiger partial charge in [0.05, 0.1) is 6.42 Å². The molecule has 2 unspecified atom stereocenters. The monoisotopic (exact) mass is 254 g/mol. The molecule has 94 valence electrons. The Labute approximate surface area is 104 Å². The van der Waals surface area contributed by atoms with E-state index >= 15 is 0 Å². The lowest BCUT2D eigenvalue weighted by atomic mass is 10.1. The third-order valence-electron chi connectivity index (χ3n) is 2.79. The van der Waals surface area contributed by atoms with Crippen LogP contribution in [0, 0.1) is 13.8 Å². The number of benzene rings is 1. The lowest BCUT2D eigenvalue weighted by Crippen LogP contribution is -2.17. The Hall–Kier alpha value is -1.16. The predicted octanol–water partition coefficient (Wildman–Crippen LogP) is 2.42. The van der Waals surface area contributed by atoms with Gasteiger partial charge in [0.2, 0.25) is 0 Å². The molecular formula is C13H18O3S. The van der Waals surface area contributed by atoms with Crippen molar-refractivity contribution < 1.29 is 14.1 Å². The summed E-state index contributed by atoms with van der Waals surface area (Å²) in [4.78, 5) is 10.5. The highest BCUT2D eigenvalue weighted by Gasteiger charge is 2.15. The summed E-state index contributed by atoms with van der Waals surface area (Å²) in [6, 6.07) is 5.97. The SMILES string of the molecule is Cc1ccc(CS(=O)C(C)CC(=O)O)cc1C. The second-order valence-electron chi connectivity index (χ2n) is 4.35. The van der Waals surface area contributed by atoms with Crippen molar-refractivity contribution in [3.63, 3.8) is 0 Å². The van der Waals surface area contributed by atoms with Gasteiger partial charge in [-0.3, -0.25) is 9.00 Å². The summed E-state index contributed by atoms with van der Waals surface area (Å²) >= 11 is 0. The first-order chi connectivity index (χ1) is 7.90. The Morgan fingerprint density at radius 3 is 2.53 bits per heavy atom. The summed E-state index contributed by atoms with van der Waals surface area (Å²) < 4.78 is 11.9. The number of carboxylic acids is 1. The van der Waals surface area contributed by atoms with Crippen LogP contribution in [0.3, 0.4) is 0 Å². The van der Waals surface area contributed by atoms with Crippen LogP contribution in [0.15, 0.2) is 18.2 Å². The van der Waals surface area contributed by atoms with Gasteiger partial charge in [0.1, 0.15) is 0 Å².